The second-order valence-electron chi connectivity index (χ2n) is 8.15. The normalized spacial score (nSPS) is 12.8. The number of aromatic nitrogens is 5. The third-order valence-electron chi connectivity index (χ3n) is 5.26. The Bertz CT molecular complexity index is 1330. The van der Waals surface area contributed by atoms with Crippen molar-refractivity contribution in [3.05, 3.63) is 62.3 Å². The number of halogens is 6. The van der Waals surface area contributed by atoms with E-state index in [1.165, 1.54) is 6.20 Å². The zero-order valence-electron chi connectivity index (χ0n) is 19.5. The largest absolute Gasteiger partial charge is 0.464 e. The molecular weight excluding hydrogens is 513 g/mol. The Kier molecular flexibility index (Phi) is 7.82. The van der Waals surface area contributed by atoms with E-state index >= 15 is 4.39 Å². The van der Waals surface area contributed by atoms with Crippen molar-refractivity contribution in [1.82, 2.24) is 24.3 Å². The van der Waals surface area contributed by atoms with Gasteiger partial charge in [-0.3, -0.25) is 9.36 Å². The van der Waals surface area contributed by atoms with Gasteiger partial charge in [0.2, 0.25) is 5.88 Å². The molecule has 0 bridgehead atoms. The van der Waals surface area contributed by atoms with Crippen molar-refractivity contribution in [1.29, 1.82) is 0 Å². The molecule has 0 aliphatic heterocycles. The lowest BCUT2D eigenvalue weighted by Gasteiger charge is -2.19. The molecule has 0 aliphatic rings. The highest BCUT2D eigenvalue weighted by molar-refractivity contribution is 6.30. The molecule has 0 radical (unpaired) electrons. The lowest BCUT2D eigenvalue weighted by molar-refractivity contribution is -0.190. The molecule has 0 aliphatic carbocycles. The number of Topliss-reactive ketones (excluding diaryl/α,β-unsaturated/α-hetero) is 1. The summed E-state index contributed by atoms with van der Waals surface area (Å²) in [5, 5.41) is 3.71. The maximum absolute atomic E-state index is 15.1. The molecule has 0 aromatic carbocycles. The van der Waals surface area contributed by atoms with Gasteiger partial charge in [-0.15, -0.1) is 5.10 Å². The number of aryl methyl sites for hydroxylation is 1. The predicted octanol–water partition coefficient (Wildman–Crippen LogP) is 4.73. The van der Waals surface area contributed by atoms with Crippen molar-refractivity contribution < 1.29 is 31.5 Å². The summed E-state index contributed by atoms with van der Waals surface area (Å²) in [5.74, 6) is -4.21. The van der Waals surface area contributed by atoms with Crippen LogP contribution in [-0.4, -0.2) is 42.4 Å². The van der Waals surface area contributed by atoms with Gasteiger partial charge in [-0.05, 0) is 45.4 Å². The highest BCUT2D eigenvalue weighted by Gasteiger charge is 2.39. The van der Waals surface area contributed by atoms with E-state index in [4.69, 9.17) is 16.3 Å². The van der Waals surface area contributed by atoms with Crippen molar-refractivity contribution >= 4 is 17.4 Å². The van der Waals surface area contributed by atoms with Crippen molar-refractivity contribution in [2.45, 2.75) is 59.1 Å². The van der Waals surface area contributed by atoms with Gasteiger partial charge in [0.05, 0.1) is 5.56 Å². The summed E-state index contributed by atoms with van der Waals surface area (Å²) < 4.78 is 74.5. The molecule has 0 amide bonds. The van der Waals surface area contributed by atoms with Crippen LogP contribution in [0.1, 0.15) is 54.1 Å². The number of ether oxygens (including phenoxy) is 1. The molecule has 0 saturated carbocycles. The van der Waals surface area contributed by atoms with Crippen LogP contribution in [0, 0.1) is 12.7 Å². The summed E-state index contributed by atoms with van der Waals surface area (Å²) >= 11 is 6.04. The van der Waals surface area contributed by atoms with E-state index < -0.39 is 66.0 Å². The molecule has 3 aromatic rings. The van der Waals surface area contributed by atoms with Gasteiger partial charge >= 0.3 is 11.9 Å². The van der Waals surface area contributed by atoms with Gasteiger partial charge in [0.1, 0.15) is 11.8 Å². The van der Waals surface area contributed by atoms with E-state index in [-0.39, 0.29) is 16.5 Å². The second kappa shape index (κ2) is 10.3. The summed E-state index contributed by atoms with van der Waals surface area (Å²) in [7, 11) is 0. The first kappa shape index (κ1) is 27.2. The molecule has 0 fully saturated rings. The number of ketones is 1. The monoisotopic (exact) mass is 533 g/mol. The number of nitrogens with zero attached hydrogens (tertiary/aromatic N) is 5. The Balaban J connectivity index is 2.17. The fraction of sp³-hybridized carbons (Fsp3) is 0.409. The van der Waals surface area contributed by atoms with E-state index in [1.807, 2.05) is 0 Å². The Morgan fingerprint density at radius 3 is 2.44 bits per heavy atom. The van der Waals surface area contributed by atoms with E-state index in [0.29, 0.717) is 23.2 Å². The fourth-order valence-electron chi connectivity index (χ4n) is 3.33. The molecule has 3 aromatic heterocycles. The van der Waals surface area contributed by atoms with Crippen LogP contribution in [0.5, 0.6) is 5.88 Å². The van der Waals surface area contributed by atoms with Gasteiger partial charge in [-0.25, -0.2) is 18.6 Å². The van der Waals surface area contributed by atoms with Gasteiger partial charge in [-0.1, -0.05) is 11.6 Å². The first-order valence-electron chi connectivity index (χ1n) is 10.6. The Morgan fingerprint density at radius 2 is 1.92 bits per heavy atom. The number of rotatable bonds is 8. The van der Waals surface area contributed by atoms with Gasteiger partial charge in [-0.2, -0.15) is 22.8 Å². The number of carbonyl (C=O) groups excluding carboxylic acids is 1. The SMILES string of the molecule is Cc1ccnc(Cl)c1CC(=O)c1cc(F)c(-n2nc(CF)n(C(C)C)c2=O)nc1O[C@@H](C)C(F)(F)F. The molecule has 0 spiro atoms. The maximum atomic E-state index is 15.1. The zero-order chi connectivity index (χ0) is 26.9. The molecule has 0 saturated heterocycles. The first-order chi connectivity index (χ1) is 16.8. The van der Waals surface area contributed by atoms with Crippen LogP contribution >= 0.6 is 11.6 Å². The Morgan fingerprint density at radius 1 is 1.25 bits per heavy atom. The minimum atomic E-state index is -4.85. The average Bonchev–Trinajstić information content (AvgIpc) is 3.12. The van der Waals surface area contributed by atoms with Crippen molar-refractivity contribution in [3.8, 4) is 11.7 Å². The summed E-state index contributed by atoms with van der Waals surface area (Å²) in [6.07, 6.45) is -6.33. The smallest absolute Gasteiger partial charge is 0.425 e. The number of carbonyl (C=O) groups is 1. The van der Waals surface area contributed by atoms with Crippen molar-refractivity contribution in [3.63, 3.8) is 0 Å². The van der Waals surface area contributed by atoms with Crippen LogP contribution in [0.4, 0.5) is 22.0 Å². The number of hydrogen-bond acceptors (Lipinski definition) is 6. The standard InChI is InChI=1S/C22H21ClF5N5O3/c1-10(2)32-17(9-24)31-33(21(32)35)19-15(25)7-14(20(30-19)36-12(4)22(26,27)28)16(34)8-13-11(3)5-6-29-18(13)23/h5-7,10,12H,8-9H2,1-4H3/t12-/m0/s1. The molecule has 0 N–H and O–H groups in total. The van der Waals surface area contributed by atoms with Crippen molar-refractivity contribution in [2.24, 2.45) is 0 Å². The summed E-state index contributed by atoms with van der Waals surface area (Å²) in [5.41, 5.74) is -0.739. The molecule has 8 nitrogen and oxygen atoms in total. The quantitative estimate of drug-likeness (QED) is 0.236. The number of hydrogen-bond donors (Lipinski definition) is 0. The van der Waals surface area contributed by atoms with Crippen molar-refractivity contribution in [2.75, 3.05) is 0 Å². The molecule has 3 heterocycles. The number of pyridine rings is 2. The molecule has 194 valence electrons. The Labute approximate surface area is 206 Å². The van der Waals surface area contributed by atoms with Crippen LogP contribution in [-0.2, 0) is 13.1 Å². The summed E-state index contributed by atoms with van der Waals surface area (Å²) in [6, 6.07) is 1.60. The lowest BCUT2D eigenvalue weighted by Crippen LogP contribution is -2.32. The van der Waals surface area contributed by atoms with Gasteiger partial charge < -0.3 is 4.74 Å². The lowest BCUT2D eigenvalue weighted by atomic mass is 10.0. The van der Waals surface area contributed by atoms with Crippen LogP contribution in [0.2, 0.25) is 5.15 Å². The minimum Gasteiger partial charge on any atom is -0.464 e. The third kappa shape index (κ3) is 5.40. The van der Waals surface area contributed by atoms with Gasteiger partial charge in [0, 0.05) is 24.2 Å². The van der Waals surface area contributed by atoms with Gasteiger partial charge in [0.15, 0.2) is 29.3 Å². The summed E-state index contributed by atoms with van der Waals surface area (Å²) in [4.78, 5) is 33.4. The van der Waals surface area contributed by atoms with E-state index in [1.54, 1.807) is 26.8 Å². The molecule has 36 heavy (non-hydrogen) atoms. The molecule has 1 atom stereocenters. The zero-order valence-corrected chi connectivity index (χ0v) is 20.3. The predicted molar refractivity (Wildman–Crippen MR) is 119 cm³/mol. The van der Waals surface area contributed by atoms with Crippen LogP contribution in [0.3, 0.4) is 0 Å². The van der Waals surface area contributed by atoms with E-state index in [9.17, 15) is 27.2 Å². The second-order valence-corrected chi connectivity index (χ2v) is 8.51. The number of alkyl halides is 4. The maximum Gasteiger partial charge on any atom is 0.425 e. The van der Waals surface area contributed by atoms with Crippen LogP contribution in [0.15, 0.2) is 23.1 Å². The first-order valence-corrected chi connectivity index (χ1v) is 11.0. The molecule has 3 rings (SSSR count). The molecule has 0 unspecified atom stereocenters. The van der Waals surface area contributed by atoms with Crippen LogP contribution < -0.4 is 10.4 Å². The van der Waals surface area contributed by atoms with Gasteiger partial charge in [0.25, 0.3) is 0 Å². The Hall–Kier alpha value is -3.35. The highest BCUT2D eigenvalue weighted by Crippen LogP contribution is 2.29. The molecular formula is C22H21ClF5N5O3. The van der Waals surface area contributed by atoms with Crippen LogP contribution in [0.25, 0.3) is 5.82 Å². The topological polar surface area (TPSA) is 91.9 Å². The third-order valence-corrected chi connectivity index (χ3v) is 5.59. The average molecular weight is 534 g/mol. The minimum absolute atomic E-state index is 0.0101. The fourth-order valence-corrected chi connectivity index (χ4v) is 3.60. The highest BCUT2D eigenvalue weighted by atomic mass is 35.5. The molecule has 14 heteroatoms. The van der Waals surface area contributed by atoms with E-state index in [0.717, 1.165) is 4.57 Å². The summed E-state index contributed by atoms with van der Waals surface area (Å²) in [6.45, 7) is 4.26. The van der Waals surface area contributed by atoms with E-state index in [2.05, 4.69) is 15.1 Å².